The zero-order valence-corrected chi connectivity index (χ0v) is 13.6. The van der Waals surface area contributed by atoms with Gasteiger partial charge in [0.15, 0.2) is 11.5 Å². The van der Waals surface area contributed by atoms with Gasteiger partial charge in [-0.3, -0.25) is 0 Å². The highest BCUT2D eigenvalue weighted by Gasteiger charge is 2.26. The molecule has 2 unspecified atom stereocenters. The Bertz CT molecular complexity index is 460. The number of rotatable bonds is 4. The van der Waals surface area contributed by atoms with Gasteiger partial charge in [-0.2, -0.15) is 11.8 Å². The Morgan fingerprint density at radius 2 is 2.05 bits per heavy atom. The Morgan fingerprint density at radius 3 is 2.81 bits per heavy atom. The summed E-state index contributed by atoms with van der Waals surface area (Å²) in [5, 5.41) is 4.34. The fourth-order valence-corrected chi connectivity index (χ4v) is 4.54. The lowest BCUT2D eigenvalue weighted by atomic mass is 9.99. The monoisotopic (exact) mass is 307 g/mol. The quantitative estimate of drug-likeness (QED) is 0.917. The highest BCUT2D eigenvalue weighted by molar-refractivity contribution is 8.00. The van der Waals surface area contributed by atoms with Gasteiger partial charge < -0.3 is 14.8 Å². The van der Waals surface area contributed by atoms with Crippen LogP contribution in [-0.2, 0) is 0 Å². The Labute approximate surface area is 131 Å². The lowest BCUT2D eigenvalue weighted by molar-refractivity contribution is 0.297. The normalized spacial score (nSPS) is 23.4. The minimum atomic E-state index is 0.414. The van der Waals surface area contributed by atoms with E-state index in [0.29, 0.717) is 11.3 Å². The SMILES string of the molecule is CCNC(c1ccc2c(c1)OCCCO2)C1CCCCS1. The number of nitrogens with one attached hydrogen (secondary N) is 1. The van der Waals surface area contributed by atoms with Crippen LogP contribution in [0.2, 0.25) is 0 Å². The van der Waals surface area contributed by atoms with Gasteiger partial charge in [-0.15, -0.1) is 0 Å². The van der Waals surface area contributed by atoms with E-state index in [9.17, 15) is 0 Å². The Kier molecular flexibility index (Phi) is 5.31. The zero-order chi connectivity index (χ0) is 14.5. The van der Waals surface area contributed by atoms with Gasteiger partial charge in [0.1, 0.15) is 0 Å². The Balaban J connectivity index is 1.82. The maximum Gasteiger partial charge on any atom is 0.161 e. The minimum Gasteiger partial charge on any atom is -0.490 e. The minimum absolute atomic E-state index is 0.414. The first-order valence-electron chi connectivity index (χ1n) is 8.13. The van der Waals surface area contributed by atoms with Crippen LogP contribution in [0.15, 0.2) is 18.2 Å². The van der Waals surface area contributed by atoms with Crippen molar-refractivity contribution in [2.75, 3.05) is 25.5 Å². The molecule has 1 aromatic rings. The van der Waals surface area contributed by atoms with E-state index >= 15 is 0 Å². The predicted molar refractivity (Wildman–Crippen MR) is 88.6 cm³/mol. The second-order valence-electron chi connectivity index (χ2n) is 5.70. The molecule has 0 aromatic heterocycles. The molecule has 1 N–H and O–H groups in total. The van der Waals surface area contributed by atoms with Gasteiger partial charge >= 0.3 is 0 Å². The molecule has 1 saturated heterocycles. The van der Waals surface area contributed by atoms with E-state index in [0.717, 1.165) is 37.7 Å². The van der Waals surface area contributed by atoms with Crippen molar-refractivity contribution in [3.8, 4) is 11.5 Å². The third-order valence-electron chi connectivity index (χ3n) is 4.14. The molecule has 2 heterocycles. The van der Waals surface area contributed by atoms with Gasteiger partial charge in [0.05, 0.1) is 13.2 Å². The number of thioether (sulfide) groups is 1. The molecule has 0 amide bonds. The molecule has 2 atom stereocenters. The Morgan fingerprint density at radius 1 is 1.19 bits per heavy atom. The second kappa shape index (κ2) is 7.41. The predicted octanol–water partition coefficient (Wildman–Crippen LogP) is 3.78. The standard InChI is InChI=1S/C17H25NO2S/c1-2-18-17(16-6-3-4-11-21-16)13-7-8-14-15(12-13)20-10-5-9-19-14/h7-8,12,16-18H,2-6,9-11H2,1H3. The third kappa shape index (κ3) is 3.67. The van der Waals surface area contributed by atoms with Crippen LogP contribution in [0.3, 0.4) is 0 Å². The maximum atomic E-state index is 5.85. The van der Waals surface area contributed by atoms with E-state index in [2.05, 4.69) is 42.2 Å². The van der Waals surface area contributed by atoms with E-state index in [1.165, 1.54) is 30.6 Å². The average molecular weight is 307 g/mol. The van der Waals surface area contributed by atoms with Crippen molar-refractivity contribution >= 4 is 11.8 Å². The molecule has 0 saturated carbocycles. The summed E-state index contributed by atoms with van der Waals surface area (Å²) in [7, 11) is 0. The van der Waals surface area contributed by atoms with Crippen LogP contribution in [-0.4, -0.2) is 30.8 Å². The van der Waals surface area contributed by atoms with Crippen LogP contribution < -0.4 is 14.8 Å². The van der Waals surface area contributed by atoms with E-state index in [-0.39, 0.29) is 0 Å². The van der Waals surface area contributed by atoms with Crippen LogP contribution in [0.4, 0.5) is 0 Å². The number of hydrogen-bond donors (Lipinski definition) is 1. The summed E-state index contributed by atoms with van der Waals surface area (Å²) in [5.74, 6) is 3.09. The molecule has 21 heavy (non-hydrogen) atoms. The third-order valence-corrected chi connectivity index (χ3v) is 5.60. The Hall–Kier alpha value is -0.870. The fraction of sp³-hybridized carbons (Fsp3) is 0.647. The lowest BCUT2D eigenvalue weighted by Crippen LogP contribution is -2.31. The van der Waals surface area contributed by atoms with Crippen molar-refractivity contribution in [3.05, 3.63) is 23.8 Å². The molecule has 1 fully saturated rings. The average Bonchev–Trinajstić information content (AvgIpc) is 2.78. The van der Waals surface area contributed by atoms with Gasteiger partial charge in [-0.05, 0) is 42.8 Å². The van der Waals surface area contributed by atoms with Gasteiger partial charge in [-0.1, -0.05) is 19.4 Å². The molecule has 1 aromatic carbocycles. The number of benzene rings is 1. The summed E-state index contributed by atoms with van der Waals surface area (Å²) in [6.07, 6.45) is 4.97. The van der Waals surface area contributed by atoms with Crippen LogP contribution in [0.25, 0.3) is 0 Å². The van der Waals surface area contributed by atoms with Gasteiger partial charge in [0.2, 0.25) is 0 Å². The number of ether oxygens (including phenoxy) is 2. The topological polar surface area (TPSA) is 30.5 Å². The maximum absolute atomic E-state index is 5.85. The smallest absolute Gasteiger partial charge is 0.161 e. The molecule has 3 nitrogen and oxygen atoms in total. The number of hydrogen-bond acceptors (Lipinski definition) is 4. The van der Waals surface area contributed by atoms with E-state index in [4.69, 9.17) is 9.47 Å². The van der Waals surface area contributed by atoms with Crippen LogP contribution in [0.5, 0.6) is 11.5 Å². The molecule has 2 aliphatic heterocycles. The highest BCUT2D eigenvalue weighted by atomic mass is 32.2. The zero-order valence-electron chi connectivity index (χ0n) is 12.8. The molecule has 0 spiro atoms. The summed E-state index contributed by atoms with van der Waals surface area (Å²) in [6.45, 7) is 4.68. The molecular formula is C17H25NO2S. The first-order chi connectivity index (χ1) is 10.4. The summed E-state index contributed by atoms with van der Waals surface area (Å²) >= 11 is 2.11. The summed E-state index contributed by atoms with van der Waals surface area (Å²) in [6, 6.07) is 6.88. The van der Waals surface area contributed by atoms with Gasteiger partial charge in [-0.25, -0.2) is 0 Å². The largest absolute Gasteiger partial charge is 0.490 e. The molecular weight excluding hydrogens is 282 g/mol. The molecule has 0 aliphatic carbocycles. The first kappa shape index (κ1) is 15.0. The number of fused-ring (bicyclic) bond motifs is 1. The molecule has 0 radical (unpaired) electrons. The molecule has 116 valence electrons. The van der Waals surface area contributed by atoms with Crippen molar-refractivity contribution in [2.24, 2.45) is 0 Å². The molecule has 0 bridgehead atoms. The fourth-order valence-electron chi connectivity index (χ4n) is 3.09. The molecule has 3 rings (SSSR count). The van der Waals surface area contributed by atoms with E-state index in [1.54, 1.807) is 0 Å². The van der Waals surface area contributed by atoms with Crippen molar-refractivity contribution in [2.45, 2.75) is 43.9 Å². The highest BCUT2D eigenvalue weighted by Crippen LogP contribution is 2.38. The molecule has 2 aliphatic rings. The van der Waals surface area contributed by atoms with E-state index < -0.39 is 0 Å². The van der Waals surface area contributed by atoms with Crippen LogP contribution in [0, 0.1) is 0 Å². The van der Waals surface area contributed by atoms with Crippen molar-refractivity contribution in [1.82, 2.24) is 5.32 Å². The van der Waals surface area contributed by atoms with Crippen molar-refractivity contribution < 1.29 is 9.47 Å². The summed E-state index contributed by atoms with van der Waals surface area (Å²) in [4.78, 5) is 0. The second-order valence-corrected chi connectivity index (χ2v) is 7.04. The summed E-state index contributed by atoms with van der Waals surface area (Å²) in [5.41, 5.74) is 1.33. The van der Waals surface area contributed by atoms with Crippen molar-refractivity contribution in [1.29, 1.82) is 0 Å². The van der Waals surface area contributed by atoms with Crippen LogP contribution >= 0.6 is 11.8 Å². The molecule has 4 heteroatoms. The van der Waals surface area contributed by atoms with Crippen molar-refractivity contribution in [3.63, 3.8) is 0 Å². The van der Waals surface area contributed by atoms with Gasteiger partial charge in [0.25, 0.3) is 0 Å². The lowest BCUT2D eigenvalue weighted by Gasteiger charge is -2.31. The van der Waals surface area contributed by atoms with Gasteiger partial charge in [0, 0.05) is 17.7 Å². The van der Waals surface area contributed by atoms with E-state index in [1.807, 2.05) is 0 Å². The van der Waals surface area contributed by atoms with Crippen LogP contribution in [0.1, 0.15) is 44.2 Å². The summed E-state index contributed by atoms with van der Waals surface area (Å²) < 4.78 is 11.6. The first-order valence-corrected chi connectivity index (χ1v) is 9.18.